The van der Waals surface area contributed by atoms with E-state index in [9.17, 15) is 29.1 Å². The summed E-state index contributed by atoms with van der Waals surface area (Å²) in [4.78, 5) is 64.8. The number of nitrogens with one attached hydrogen (secondary N) is 3. The first kappa shape index (κ1) is 27.5. The highest BCUT2D eigenvalue weighted by atomic mass is 16.4. The standard InChI is InChI=1S/C28H24N8O6/c1-13-7-15(5-6-17(13)28(41)42)12-31-26(39)18-9-19(36-21(34-18)10-20(29)35-36)27(40)32-11-14-3-2-4-16(8-14)33-23-22(30)24(37)25(23)38/h2-10,33H,11-12,30H2,1H3,(H2,29,35)(H,31,39)(H,32,40)(H,41,42). The van der Waals surface area contributed by atoms with Crippen LogP contribution in [0.15, 0.2) is 64.2 Å². The monoisotopic (exact) mass is 568 g/mol. The number of aryl methyl sites for hydroxylation is 1. The van der Waals surface area contributed by atoms with Crippen molar-refractivity contribution in [3.05, 3.63) is 109 Å². The molecule has 0 atom stereocenters. The van der Waals surface area contributed by atoms with Crippen LogP contribution in [0.25, 0.3) is 5.65 Å². The number of hydrogen-bond acceptors (Lipinski definition) is 10. The minimum absolute atomic E-state index is 0.00860. The average Bonchev–Trinajstić information content (AvgIpc) is 3.36. The third-order valence-electron chi connectivity index (χ3n) is 6.48. The predicted octanol–water partition coefficient (Wildman–Crippen LogP) is 1.10. The molecule has 0 saturated heterocycles. The number of carboxylic acid groups (broad SMARTS) is 1. The van der Waals surface area contributed by atoms with Crippen molar-refractivity contribution in [3.8, 4) is 0 Å². The van der Waals surface area contributed by atoms with E-state index < -0.39 is 28.6 Å². The van der Waals surface area contributed by atoms with Gasteiger partial charge in [-0.3, -0.25) is 19.2 Å². The van der Waals surface area contributed by atoms with Crippen molar-refractivity contribution in [2.45, 2.75) is 20.0 Å². The number of hydrogen-bond donors (Lipinski definition) is 6. The van der Waals surface area contributed by atoms with E-state index in [2.05, 4.69) is 26.0 Å². The highest BCUT2D eigenvalue weighted by Crippen LogP contribution is 2.19. The lowest BCUT2D eigenvalue weighted by Gasteiger charge is -2.12. The molecular formula is C28H24N8O6. The normalized spacial score (nSPS) is 11.0. The molecule has 0 unspecified atom stereocenters. The van der Waals surface area contributed by atoms with E-state index in [1.807, 2.05) is 0 Å². The molecule has 0 aliphatic carbocycles. The van der Waals surface area contributed by atoms with Crippen LogP contribution in [-0.2, 0) is 13.1 Å². The van der Waals surface area contributed by atoms with Gasteiger partial charge in [0.2, 0.25) is 0 Å². The van der Waals surface area contributed by atoms with Crippen molar-refractivity contribution in [1.82, 2.24) is 25.2 Å². The highest BCUT2D eigenvalue weighted by Gasteiger charge is 2.20. The maximum absolute atomic E-state index is 13.2. The molecule has 5 aromatic rings. The molecule has 0 saturated carbocycles. The summed E-state index contributed by atoms with van der Waals surface area (Å²) in [6, 6.07) is 14.2. The van der Waals surface area contributed by atoms with Gasteiger partial charge in [-0.2, -0.15) is 0 Å². The van der Waals surface area contributed by atoms with Crippen LogP contribution in [0.5, 0.6) is 0 Å². The summed E-state index contributed by atoms with van der Waals surface area (Å²) >= 11 is 0. The van der Waals surface area contributed by atoms with Gasteiger partial charge in [-0.05, 0) is 41.8 Å². The van der Waals surface area contributed by atoms with Crippen molar-refractivity contribution in [2.24, 2.45) is 0 Å². The van der Waals surface area contributed by atoms with Crippen LogP contribution in [-0.4, -0.2) is 37.5 Å². The Labute approximate surface area is 236 Å². The second-order valence-electron chi connectivity index (χ2n) is 9.46. The molecule has 5 rings (SSSR count). The van der Waals surface area contributed by atoms with Gasteiger partial charge in [0.1, 0.15) is 28.6 Å². The lowest BCUT2D eigenvalue weighted by molar-refractivity contribution is 0.0695. The zero-order valence-electron chi connectivity index (χ0n) is 22.1. The Hall–Kier alpha value is -6.05. The first-order chi connectivity index (χ1) is 20.0. The fourth-order valence-corrected chi connectivity index (χ4v) is 4.33. The first-order valence-corrected chi connectivity index (χ1v) is 12.5. The number of carboxylic acids is 1. The number of rotatable bonds is 9. The molecular weight excluding hydrogens is 544 g/mol. The number of carbonyl (C=O) groups is 3. The van der Waals surface area contributed by atoms with Crippen molar-refractivity contribution in [2.75, 3.05) is 16.8 Å². The van der Waals surface area contributed by atoms with E-state index in [4.69, 9.17) is 11.5 Å². The molecule has 8 N–H and O–H groups in total. The second-order valence-corrected chi connectivity index (χ2v) is 9.46. The molecule has 14 heteroatoms. The summed E-state index contributed by atoms with van der Waals surface area (Å²) in [6.45, 7) is 1.84. The van der Waals surface area contributed by atoms with Gasteiger partial charge >= 0.3 is 5.97 Å². The zero-order valence-corrected chi connectivity index (χ0v) is 22.1. The van der Waals surface area contributed by atoms with Crippen LogP contribution < -0.4 is 38.3 Å². The van der Waals surface area contributed by atoms with Crippen LogP contribution >= 0.6 is 0 Å². The molecule has 42 heavy (non-hydrogen) atoms. The molecule has 0 fully saturated rings. The Bertz CT molecular complexity index is 1970. The molecule has 2 amide bonds. The van der Waals surface area contributed by atoms with Gasteiger partial charge < -0.3 is 32.5 Å². The van der Waals surface area contributed by atoms with E-state index in [1.165, 1.54) is 22.7 Å². The third-order valence-corrected chi connectivity index (χ3v) is 6.48. The Morgan fingerprint density at radius 1 is 0.905 bits per heavy atom. The Balaban J connectivity index is 1.31. The number of aromatic nitrogens is 3. The van der Waals surface area contributed by atoms with E-state index in [-0.39, 0.29) is 52.9 Å². The highest BCUT2D eigenvalue weighted by molar-refractivity contribution is 5.98. The summed E-state index contributed by atoms with van der Waals surface area (Å²) in [5, 5.41) is 21.6. The van der Waals surface area contributed by atoms with Crippen LogP contribution in [0.1, 0.15) is 48.0 Å². The number of anilines is 4. The zero-order chi connectivity index (χ0) is 30.1. The van der Waals surface area contributed by atoms with E-state index in [0.717, 1.165) is 0 Å². The van der Waals surface area contributed by atoms with Gasteiger partial charge in [-0.1, -0.05) is 24.3 Å². The number of aromatic carboxylic acids is 1. The SMILES string of the molecule is Cc1cc(CNC(=O)c2cc(C(=O)NCc3cccc(Nc4c(N)c(=O)c4=O)c3)n3nc(N)cc3n2)ccc1C(=O)O. The van der Waals surface area contributed by atoms with Crippen molar-refractivity contribution in [3.63, 3.8) is 0 Å². The number of nitrogens with zero attached hydrogens (tertiary/aromatic N) is 3. The first-order valence-electron chi connectivity index (χ1n) is 12.5. The van der Waals surface area contributed by atoms with Crippen LogP contribution in [0.4, 0.5) is 22.9 Å². The lowest BCUT2D eigenvalue weighted by Crippen LogP contribution is -2.36. The van der Waals surface area contributed by atoms with Gasteiger partial charge in [-0.25, -0.2) is 14.3 Å². The molecule has 2 heterocycles. The van der Waals surface area contributed by atoms with Gasteiger partial charge in [0, 0.05) is 30.9 Å². The largest absolute Gasteiger partial charge is 0.478 e. The van der Waals surface area contributed by atoms with Gasteiger partial charge in [0.05, 0.1) is 5.56 Å². The van der Waals surface area contributed by atoms with Crippen molar-refractivity contribution < 1.29 is 19.5 Å². The Morgan fingerprint density at radius 3 is 2.31 bits per heavy atom. The number of benzene rings is 2. The molecule has 14 nitrogen and oxygen atoms in total. The summed E-state index contributed by atoms with van der Waals surface area (Å²) in [7, 11) is 0. The Morgan fingerprint density at radius 2 is 1.62 bits per heavy atom. The van der Waals surface area contributed by atoms with Crippen molar-refractivity contribution >= 4 is 46.3 Å². The molecule has 2 aromatic heterocycles. The van der Waals surface area contributed by atoms with Gasteiger partial charge in [0.25, 0.3) is 22.7 Å². The van der Waals surface area contributed by atoms with Crippen LogP contribution in [0.2, 0.25) is 0 Å². The fraction of sp³-hybridized carbons (Fsp3) is 0.107. The summed E-state index contributed by atoms with van der Waals surface area (Å²) in [6.07, 6.45) is 0. The number of fused-ring (bicyclic) bond motifs is 1. The van der Waals surface area contributed by atoms with E-state index >= 15 is 0 Å². The number of nitrogens with two attached hydrogens (primary N) is 2. The van der Waals surface area contributed by atoms with Gasteiger partial charge in [-0.15, -0.1) is 5.10 Å². The quantitative estimate of drug-likeness (QED) is 0.138. The molecule has 0 radical (unpaired) electrons. The molecule has 212 valence electrons. The molecule has 0 spiro atoms. The van der Waals surface area contributed by atoms with Crippen molar-refractivity contribution in [1.29, 1.82) is 0 Å². The topological polar surface area (TPSA) is 224 Å². The fourth-order valence-electron chi connectivity index (χ4n) is 4.33. The maximum Gasteiger partial charge on any atom is 0.335 e. The summed E-state index contributed by atoms with van der Waals surface area (Å²) in [5.41, 5.74) is 12.6. The molecule has 3 aromatic carbocycles. The third kappa shape index (κ3) is 5.36. The smallest absolute Gasteiger partial charge is 0.335 e. The van der Waals surface area contributed by atoms with Crippen LogP contribution in [0, 0.1) is 6.92 Å². The van der Waals surface area contributed by atoms with E-state index in [0.29, 0.717) is 22.4 Å². The van der Waals surface area contributed by atoms with E-state index in [1.54, 1.807) is 43.3 Å². The number of nitrogen functional groups attached to an aromatic ring is 2. The predicted molar refractivity (Wildman–Crippen MR) is 153 cm³/mol. The lowest BCUT2D eigenvalue weighted by atomic mass is 10.1. The number of carbonyl (C=O) groups excluding carboxylic acids is 2. The second kappa shape index (κ2) is 10.8. The molecule has 0 bridgehead atoms. The van der Waals surface area contributed by atoms with Gasteiger partial charge in [0.15, 0.2) is 5.65 Å². The van der Waals surface area contributed by atoms with Crippen LogP contribution in [0.3, 0.4) is 0 Å². The summed E-state index contributed by atoms with van der Waals surface area (Å²) < 4.78 is 1.22. The molecule has 0 aliphatic heterocycles. The Kier molecular flexibility index (Phi) is 7.10. The molecule has 0 aliphatic rings. The average molecular weight is 569 g/mol. The summed E-state index contributed by atoms with van der Waals surface area (Å²) in [5.74, 6) is -2.08. The number of amides is 2. The minimum Gasteiger partial charge on any atom is -0.478 e. The maximum atomic E-state index is 13.2. The minimum atomic E-state index is -1.04.